The molecule has 0 saturated carbocycles. The van der Waals surface area contributed by atoms with Crippen molar-refractivity contribution in [2.24, 2.45) is 5.73 Å². The molecule has 14 heavy (non-hydrogen) atoms. The van der Waals surface area contributed by atoms with Crippen LogP contribution in [-0.2, 0) is 18.6 Å². The Bertz CT molecular complexity index is 76.4. The summed E-state index contributed by atoms with van der Waals surface area (Å²) in [4.78, 5) is 0. The van der Waals surface area contributed by atoms with E-state index in [-0.39, 0.29) is 18.6 Å². The second-order valence-electron chi connectivity index (χ2n) is 3.97. The fourth-order valence-electron chi connectivity index (χ4n) is 1.63. The van der Waals surface area contributed by atoms with Gasteiger partial charge in [-0.05, 0) is 13.0 Å². The molecule has 0 atom stereocenters. The Kier molecular flexibility index (Phi) is 19.4. The standard InChI is InChI=1S/C12H27N.V/c1-2-3-4-5-6-7-8-9-10-11-12-13;/h2-13H2,1H3;. The zero-order valence-corrected chi connectivity index (χ0v) is 11.2. The van der Waals surface area contributed by atoms with Crippen LogP contribution in [0, 0.1) is 0 Å². The van der Waals surface area contributed by atoms with E-state index in [4.69, 9.17) is 5.73 Å². The Balaban J connectivity index is 0. The summed E-state index contributed by atoms with van der Waals surface area (Å²) in [6.45, 7) is 3.14. The van der Waals surface area contributed by atoms with Gasteiger partial charge in [-0.1, -0.05) is 64.7 Å². The van der Waals surface area contributed by atoms with Gasteiger partial charge in [-0.3, -0.25) is 0 Å². The minimum atomic E-state index is 0. The zero-order chi connectivity index (χ0) is 9.78. The average molecular weight is 236 g/mol. The molecule has 0 aliphatic heterocycles. The molecule has 0 spiro atoms. The summed E-state index contributed by atoms with van der Waals surface area (Å²) in [6, 6.07) is 0. The molecule has 0 aliphatic rings. The Morgan fingerprint density at radius 1 is 0.643 bits per heavy atom. The van der Waals surface area contributed by atoms with Crippen molar-refractivity contribution in [1.29, 1.82) is 0 Å². The predicted octanol–water partition coefficient (Wildman–Crippen LogP) is 3.86. The summed E-state index contributed by atoms with van der Waals surface area (Å²) < 4.78 is 0. The van der Waals surface area contributed by atoms with Gasteiger partial charge < -0.3 is 5.73 Å². The van der Waals surface area contributed by atoms with Crippen molar-refractivity contribution in [1.82, 2.24) is 0 Å². The normalized spacial score (nSPS) is 9.86. The van der Waals surface area contributed by atoms with Crippen molar-refractivity contribution in [3.63, 3.8) is 0 Å². The quantitative estimate of drug-likeness (QED) is 0.573. The Morgan fingerprint density at radius 2 is 1.00 bits per heavy atom. The van der Waals surface area contributed by atoms with E-state index in [1.54, 1.807) is 0 Å². The molecule has 0 aromatic rings. The van der Waals surface area contributed by atoms with Gasteiger partial charge in [-0.25, -0.2) is 0 Å². The summed E-state index contributed by atoms with van der Waals surface area (Å²) >= 11 is 0. The third-order valence-electron chi connectivity index (χ3n) is 2.56. The van der Waals surface area contributed by atoms with E-state index < -0.39 is 0 Å². The maximum atomic E-state index is 5.42. The molecular formula is C12H27NV. The van der Waals surface area contributed by atoms with E-state index in [0.29, 0.717) is 0 Å². The van der Waals surface area contributed by atoms with Gasteiger partial charge in [0.1, 0.15) is 0 Å². The fraction of sp³-hybridized carbons (Fsp3) is 1.00. The SMILES string of the molecule is CCCCCCCCCCCCN.[V]. The molecule has 2 heteroatoms. The predicted molar refractivity (Wildman–Crippen MR) is 60.9 cm³/mol. The Labute approximate surface area is 102 Å². The fourth-order valence-corrected chi connectivity index (χ4v) is 1.63. The smallest absolute Gasteiger partial charge is 0 e. The van der Waals surface area contributed by atoms with E-state index in [9.17, 15) is 0 Å². The topological polar surface area (TPSA) is 26.0 Å². The van der Waals surface area contributed by atoms with Crippen molar-refractivity contribution in [3.8, 4) is 0 Å². The molecule has 0 heterocycles. The summed E-state index contributed by atoms with van der Waals surface area (Å²) in [5, 5.41) is 0. The largest absolute Gasteiger partial charge is 0.330 e. The number of hydrogen-bond acceptors (Lipinski definition) is 1. The van der Waals surface area contributed by atoms with Crippen LogP contribution in [0.3, 0.4) is 0 Å². The van der Waals surface area contributed by atoms with E-state index in [1.165, 1.54) is 64.2 Å². The summed E-state index contributed by atoms with van der Waals surface area (Å²) in [6.07, 6.45) is 13.9. The van der Waals surface area contributed by atoms with Crippen LogP contribution < -0.4 is 5.73 Å². The van der Waals surface area contributed by atoms with Crippen LogP contribution in [-0.4, -0.2) is 6.54 Å². The van der Waals surface area contributed by atoms with Crippen LogP contribution >= 0.6 is 0 Å². The summed E-state index contributed by atoms with van der Waals surface area (Å²) in [5.74, 6) is 0. The first-order valence-electron chi connectivity index (χ1n) is 6.12. The molecule has 0 aliphatic carbocycles. The zero-order valence-electron chi connectivity index (χ0n) is 9.80. The summed E-state index contributed by atoms with van der Waals surface area (Å²) in [7, 11) is 0. The van der Waals surface area contributed by atoms with Gasteiger partial charge >= 0.3 is 0 Å². The second-order valence-corrected chi connectivity index (χ2v) is 3.97. The molecule has 0 rings (SSSR count). The van der Waals surface area contributed by atoms with Gasteiger partial charge in [0.25, 0.3) is 0 Å². The Hall–Kier alpha value is 0.544. The van der Waals surface area contributed by atoms with Crippen LogP contribution in [0.4, 0.5) is 0 Å². The molecule has 85 valence electrons. The van der Waals surface area contributed by atoms with Crippen LogP contribution in [0.2, 0.25) is 0 Å². The molecule has 0 bridgehead atoms. The maximum absolute atomic E-state index is 5.42. The number of rotatable bonds is 10. The monoisotopic (exact) mass is 236 g/mol. The minimum Gasteiger partial charge on any atom is -0.330 e. The van der Waals surface area contributed by atoms with Gasteiger partial charge in [0, 0.05) is 18.6 Å². The van der Waals surface area contributed by atoms with Crippen molar-refractivity contribution in [2.75, 3.05) is 6.54 Å². The number of hydrogen-bond donors (Lipinski definition) is 1. The van der Waals surface area contributed by atoms with E-state index in [0.717, 1.165) is 6.54 Å². The van der Waals surface area contributed by atoms with Crippen LogP contribution in [0.5, 0.6) is 0 Å². The summed E-state index contributed by atoms with van der Waals surface area (Å²) in [5.41, 5.74) is 5.42. The van der Waals surface area contributed by atoms with Gasteiger partial charge in [0.05, 0.1) is 0 Å². The van der Waals surface area contributed by atoms with E-state index in [2.05, 4.69) is 6.92 Å². The van der Waals surface area contributed by atoms with Crippen molar-refractivity contribution in [2.45, 2.75) is 71.1 Å². The molecular weight excluding hydrogens is 209 g/mol. The van der Waals surface area contributed by atoms with Crippen LogP contribution in [0.25, 0.3) is 0 Å². The Morgan fingerprint density at radius 3 is 1.36 bits per heavy atom. The first kappa shape index (κ1) is 17.0. The third kappa shape index (κ3) is 15.0. The number of nitrogens with two attached hydrogens (primary N) is 1. The van der Waals surface area contributed by atoms with Gasteiger partial charge in [0.15, 0.2) is 0 Å². The van der Waals surface area contributed by atoms with Gasteiger partial charge in [-0.15, -0.1) is 0 Å². The third-order valence-corrected chi connectivity index (χ3v) is 2.56. The minimum absolute atomic E-state index is 0. The van der Waals surface area contributed by atoms with Crippen LogP contribution in [0.1, 0.15) is 71.1 Å². The van der Waals surface area contributed by atoms with Crippen molar-refractivity contribution >= 4 is 0 Å². The molecule has 0 fully saturated rings. The average Bonchev–Trinajstić information content (AvgIpc) is 2.16. The van der Waals surface area contributed by atoms with Crippen molar-refractivity contribution < 1.29 is 18.6 Å². The van der Waals surface area contributed by atoms with Crippen LogP contribution in [0.15, 0.2) is 0 Å². The molecule has 1 radical (unpaired) electrons. The molecule has 1 nitrogen and oxygen atoms in total. The second kappa shape index (κ2) is 16.0. The first-order valence-corrected chi connectivity index (χ1v) is 6.12. The molecule has 0 aromatic carbocycles. The number of unbranched alkanes of at least 4 members (excludes halogenated alkanes) is 9. The maximum Gasteiger partial charge on any atom is 0 e. The molecule has 0 unspecified atom stereocenters. The molecule has 0 amide bonds. The van der Waals surface area contributed by atoms with Gasteiger partial charge in [-0.2, -0.15) is 0 Å². The van der Waals surface area contributed by atoms with Crippen molar-refractivity contribution in [3.05, 3.63) is 0 Å². The van der Waals surface area contributed by atoms with Gasteiger partial charge in [0.2, 0.25) is 0 Å². The van der Waals surface area contributed by atoms with E-state index in [1.807, 2.05) is 0 Å². The molecule has 0 aromatic heterocycles. The molecule has 0 saturated heterocycles. The molecule has 2 N–H and O–H groups in total. The van der Waals surface area contributed by atoms with E-state index >= 15 is 0 Å². The first-order chi connectivity index (χ1) is 6.41.